The lowest BCUT2D eigenvalue weighted by Gasteiger charge is -2.29. The van der Waals surface area contributed by atoms with Crippen LogP contribution in [0.1, 0.15) is 29.2 Å². The summed E-state index contributed by atoms with van der Waals surface area (Å²) >= 11 is 1.53. The molecule has 2 aliphatic heterocycles. The quantitative estimate of drug-likeness (QED) is 0.440. The summed E-state index contributed by atoms with van der Waals surface area (Å²) in [6.45, 7) is 3.38. The van der Waals surface area contributed by atoms with E-state index in [4.69, 9.17) is 4.98 Å². The molecule has 0 fully saturated rings. The van der Waals surface area contributed by atoms with Crippen LogP contribution in [-0.2, 0) is 17.8 Å². The average Bonchev–Trinajstić information content (AvgIpc) is 3.44. The first-order chi connectivity index (χ1) is 16.1. The van der Waals surface area contributed by atoms with E-state index in [2.05, 4.69) is 17.2 Å². The molecular formula is C25H23N5O2S. The van der Waals surface area contributed by atoms with Crippen LogP contribution in [0.25, 0.3) is 16.7 Å². The Bertz CT molecular complexity index is 1460. The number of carbonyl (C=O) groups is 1. The molecule has 2 aromatic carbocycles. The molecule has 0 aliphatic carbocycles. The van der Waals surface area contributed by atoms with E-state index in [1.54, 1.807) is 15.4 Å². The lowest BCUT2D eigenvalue weighted by Crippen LogP contribution is -2.38. The van der Waals surface area contributed by atoms with Crippen LogP contribution in [0.5, 0.6) is 0 Å². The van der Waals surface area contributed by atoms with E-state index < -0.39 is 0 Å². The van der Waals surface area contributed by atoms with E-state index in [1.165, 1.54) is 22.9 Å². The van der Waals surface area contributed by atoms with Crippen LogP contribution in [0.3, 0.4) is 0 Å². The maximum atomic E-state index is 13.4. The molecule has 2 aliphatic rings. The lowest BCUT2D eigenvalue weighted by atomic mass is 9.99. The summed E-state index contributed by atoms with van der Waals surface area (Å²) in [5.41, 5.74) is 4.95. The second-order valence-electron chi connectivity index (χ2n) is 8.71. The molecule has 0 radical (unpaired) electrons. The van der Waals surface area contributed by atoms with Gasteiger partial charge in [0.25, 0.3) is 5.56 Å². The second-order valence-corrected chi connectivity index (χ2v) is 9.69. The van der Waals surface area contributed by atoms with Crippen LogP contribution in [0.15, 0.2) is 64.7 Å². The number of thioether (sulfide) groups is 1. The number of aryl methyl sites for hydroxylation is 1. The van der Waals surface area contributed by atoms with Crippen molar-refractivity contribution >= 4 is 28.7 Å². The van der Waals surface area contributed by atoms with Crippen molar-refractivity contribution in [3.63, 3.8) is 0 Å². The summed E-state index contributed by atoms with van der Waals surface area (Å²) in [5.74, 6) is 0.758. The number of fused-ring (bicyclic) bond motifs is 3. The Balaban J connectivity index is 1.29. The molecule has 6 rings (SSSR count). The second kappa shape index (κ2) is 7.88. The molecule has 1 atom stereocenters. The van der Waals surface area contributed by atoms with Gasteiger partial charge in [0.1, 0.15) is 5.39 Å². The number of carbonyl (C=O) groups excluding carboxylic acids is 1. The molecule has 4 aromatic rings. The number of nitrogens with zero attached hydrogens (tertiary/aromatic N) is 5. The molecule has 1 unspecified atom stereocenters. The number of benzene rings is 2. The zero-order chi connectivity index (χ0) is 22.5. The fourth-order valence-corrected chi connectivity index (χ4v) is 5.90. The van der Waals surface area contributed by atoms with Gasteiger partial charge < -0.3 is 4.90 Å². The molecule has 4 heterocycles. The van der Waals surface area contributed by atoms with Gasteiger partial charge in [-0.05, 0) is 42.2 Å². The smallest absolute Gasteiger partial charge is 0.265 e. The Morgan fingerprint density at radius 1 is 1.15 bits per heavy atom. The van der Waals surface area contributed by atoms with Crippen LogP contribution >= 0.6 is 11.8 Å². The maximum Gasteiger partial charge on any atom is 0.265 e. The highest BCUT2D eigenvalue weighted by molar-refractivity contribution is 7.99. The summed E-state index contributed by atoms with van der Waals surface area (Å²) in [7, 11) is 0. The van der Waals surface area contributed by atoms with Crippen molar-refractivity contribution < 1.29 is 4.79 Å². The number of hydrogen-bond acceptors (Lipinski definition) is 5. The van der Waals surface area contributed by atoms with Crippen LogP contribution in [0.2, 0.25) is 0 Å². The minimum Gasteiger partial charge on any atom is -0.338 e. The monoisotopic (exact) mass is 457 g/mol. The third kappa shape index (κ3) is 3.45. The van der Waals surface area contributed by atoms with Gasteiger partial charge in [0.2, 0.25) is 5.91 Å². The van der Waals surface area contributed by atoms with Crippen molar-refractivity contribution in [2.24, 2.45) is 0 Å². The van der Waals surface area contributed by atoms with Gasteiger partial charge in [-0.15, -0.1) is 0 Å². The highest BCUT2D eigenvalue weighted by atomic mass is 32.2. The number of amides is 1. The van der Waals surface area contributed by atoms with Crippen molar-refractivity contribution in [2.75, 3.05) is 12.3 Å². The van der Waals surface area contributed by atoms with Gasteiger partial charge in [-0.25, -0.2) is 9.67 Å². The first-order valence-electron chi connectivity index (χ1n) is 11.1. The molecule has 2 aromatic heterocycles. The molecule has 1 amide bonds. The zero-order valence-electron chi connectivity index (χ0n) is 18.3. The first kappa shape index (κ1) is 20.2. The van der Waals surface area contributed by atoms with Gasteiger partial charge in [0, 0.05) is 25.3 Å². The molecule has 0 N–H and O–H groups in total. The van der Waals surface area contributed by atoms with Gasteiger partial charge in [-0.2, -0.15) is 5.10 Å². The lowest BCUT2D eigenvalue weighted by molar-refractivity contribution is -0.132. The van der Waals surface area contributed by atoms with E-state index in [9.17, 15) is 9.59 Å². The number of rotatable bonds is 3. The van der Waals surface area contributed by atoms with Crippen LogP contribution < -0.4 is 5.56 Å². The van der Waals surface area contributed by atoms with Crippen LogP contribution in [0.4, 0.5) is 0 Å². The Kier molecular flexibility index (Phi) is 4.83. The van der Waals surface area contributed by atoms with Crippen molar-refractivity contribution in [1.29, 1.82) is 0 Å². The minimum atomic E-state index is -0.193. The highest BCUT2D eigenvalue weighted by Crippen LogP contribution is 2.34. The van der Waals surface area contributed by atoms with Crippen LogP contribution in [0, 0.1) is 6.92 Å². The van der Waals surface area contributed by atoms with Crippen molar-refractivity contribution in [1.82, 2.24) is 24.2 Å². The average molecular weight is 458 g/mol. The van der Waals surface area contributed by atoms with Gasteiger partial charge >= 0.3 is 0 Å². The van der Waals surface area contributed by atoms with Gasteiger partial charge in [0.05, 0.1) is 17.9 Å². The summed E-state index contributed by atoms with van der Waals surface area (Å²) in [6, 6.07) is 16.1. The molecule has 0 spiro atoms. The SMILES string of the molecule is Cc1cccc(-n2ncc3c(=O)n4c(nc32)SCC4CC(=O)N2CCc3ccccc3C2)c1. The first-order valence-corrected chi connectivity index (χ1v) is 12.1. The molecule has 0 bridgehead atoms. The van der Waals surface area contributed by atoms with E-state index in [1.807, 2.05) is 48.2 Å². The summed E-state index contributed by atoms with van der Waals surface area (Å²) < 4.78 is 3.42. The molecule has 7 nitrogen and oxygen atoms in total. The Labute approximate surface area is 195 Å². The highest BCUT2D eigenvalue weighted by Gasteiger charge is 2.31. The zero-order valence-corrected chi connectivity index (χ0v) is 19.1. The maximum absolute atomic E-state index is 13.4. The molecule has 0 saturated carbocycles. The predicted molar refractivity (Wildman–Crippen MR) is 128 cm³/mol. The Morgan fingerprint density at radius 3 is 2.85 bits per heavy atom. The third-order valence-electron chi connectivity index (χ3n) is 6.51. The van der Waals surface area contributed by atoms with Crippen molar-refractivity contribution in [2.45, 2.75) is 37.5 Å². The topological polar surface area (TPSA) is 73.0 Å². The predicted octanol–water partition coefficient (Wildman–Crippen LogP) is 3.51. The molecular weight excluding hydrogens is 434 g/mol. The van der Waals surface area contributed by atoms with E-state index in [-0.39, 0.29) is 17.5 Å². The summed E-state index contributed by atoms with van der Waals surface area (Å²) in [6.07, 6.45) is 2.77. The van der Waals surface area contributed by atoms with Gasteiger partial charge in [-0.1, -0.05) is 48.2 Å². The van der Waals surface area contributed by atoms with E-state index >= 15 is 0 Å². The molecule has 8 heteroatoms. The molecule has 33 heavy (non-hydrogen) atoms. The van der Waals surface area contributed by atoms with Crippen LogP contribution in [-0.4, -0.2) is 42.4 Å². The Morgan fingerprint density at radius 2 is 2.00 bits per heavy atom. The normalized spacial score (nSPS) is 17.2. The number of hydrogen-bond donors (Lipinski definition) is 0. The largest absolute Gasteiger partial charge is 0.338 e. The Hall–Kier alpha value is -3.39. The molecule has 0 saturated heterocycles. The fourth-order valence-electron chi connectivity index (χ4n) is 4.77. The summed E-state index contributed by atoms with van der Waals surface area (Å²) in [4.78, 5) is 33.2. The van der Waals surface area contributed by atoms with Gasteiger partial charge in [-0.3, -0.25) is 14.2 Å². The van der Waals surface area contributed by atoms with Crippen molar-refractivity contribution in [3.8, 4) is 5.69 Å². The van der Waals surface area contributed by atoms with E-state index in [0.717, 1.165) is 24.2 Å². The minimum absolute atomic E-state index is 0.0883. The third-order valence-corrected chi connectivity index (χ3v) is 7.61. The molecule has 166 valence electrons. The van der Waals surface area contributed by atoms with Gasteiger partial charge in [0.15, 0.2) is 10.8 Å². The fraction of sp³-hybridized carbons (Fsp3) is 0.280. The standard InChI is InChI=1S/C25H23N5O2S/c1-16-5-4-8-19(11-16)30-23-21(13-26-30)24(32)29-20(15-33-25(29)27-23)12-22(31)28-10-9-17-6-2-3-7-18(17)14-28/h2-8,11,13,20H,9-10,12,14-15H2,1H3. The van der Waals surface area contributed by atoms with E-state index in [0.29, 0.717) is 34.9 Å². The van der Waals surface area contributed by atoms with Crippen molar-refractivity contribution in [3.05, 3.63) is 81.8 Å². The number of aromatic nitrogens is 4. The summed E-state index contributed by atoms with van der Waals surface area (Å²) in [5, 5.41) is 5.58.